The van der Waals surface area contributed by atoms with Gasteiger partial charge in [-0.1, -0.05) is 35.9 Å². The van der Waals surface area contributed by atoms with Gasteiger partial charge in [-0.05, 0) is 49.7 Å². The molecular weight excluding hydrogens is 616 g/mol. The summed E-state index contributed by atoms with van der Waals surface area (Å²) in [7, 11) is -2.11. The van der Waals surface area contributed by atoms with E-state index in [9.17, 15) is 18.0 Å². The molecule has 1 atom stereocenters. The Hall–Kier alpha value is -4.75. The smallest absolute Gasteiger partial charge is 0.285 e. The number of amides is 1. The fourth-order valence-electron chi connectivity index (χ4n) is 5.70. The molecule has 2 N–H and O–H groups in total. The Morgan fingerprint density at radius 1 is 1.09 bits per heavy atom. The number of aryl methyl sites for hydroxylation is 1. The van der Waals surface area contributed by atoms with Crippen molar-refractivity contribution in [1.82, 2.24) is 29.0 Å². The standard InChI is InChI=1S/C31H31ClN8O4S/c1-18-14-22(19(2)34-24-10-11-26(32)35-28(24)29(41)37-45(4,43)44)27-23(15-18)30(42)38(3)31(36-27)39-13-12-25-20(17-39)16-33-40(25)21-8-6-5-7-9-21/h5-11,14-16,19,34H,12-13,17H2,1-4H3,(H,37,41)/t19-/m1/s1. The highest BCUT2D eigenvalue weighted by molar-refractivity contribution is 7.89. The van der Waals surface area contributed by atoms with Gasteiger partial charge in [0.2, 0.25) is 16.0 Å². The molecular formula is C31H31ClN8O4S. The van der Waals surface area contributed by atoms with Crippen molar-refractivity contribution in [2.24, 2.45) is 7.05 Å². The molecule has 3 aromatic heterocycles. The van der Waals surface area contributed by atoms with Crippen LogP contribution in [-0.2, 0) is 30.0 Å². The minimum absolute atomic E-state index is 0.0293. The SMILES string of the molecule is Cc1cc([C@@H](C)Nc2ccc(Cl)nc2C(=O)NS(C)(=O)=O)c2nc(N3CCc4c(cnn4-c4ccccc4)C3)n(C)c(=O)c2c1. The van der Waals surface area contributed by atoms with E-state index in [0.29, 0.717) is 29.9 Å². The Morgan fingerprint density at radius 3 is 2.58 bits per heavy atom. The molecule has 0 saturated carbocycles. The molecule has 45 heavy (non-hydrogen) atoms. The quantitative estimate of drug-likeness (QED) is 0.252. The van der Waals surface area contributed by atoms with E-state index in [0.717, 1.165) is 40.7 Å². The van der Waals surface area contributed by atoms with E-state index < -0.39 is 22.0 Å². The second kappa shape index (κ2) is 11.6. The van der Waals surface area contributed by atoms with Gasteiger partial charge in [-0.25, -0.2) is 27.8 Å². The number of sulfonamides is 1. The second-order valence-electron chi connectivity index (χ2n) is 11.2. The maximum atomic E-state index is 13.8. The molecule has 1 aliphatic rings. The van der Waals surface area contributed by atoms with Gasteiger partial charge in [-0.2, -0.15) is 5.10 Å². The van der Waals surface area contributed by atoms with Crippen LogP contribution in [0.2, 0.25) is 5.15 Å². The molecule has 0 unspecified atom stereocenters. The zero-order valence-electron chi connectivity index (χ0n) is 25.1. The summed E-state index contributed by atoms with van der Waals surface area (Å²) in [5, 5.41) is 8.38. The first-order valence-corrected chi connectivity index (χ1v) is 16.5. The van der Waals surface area contributed by atoms with Gasteiger partial charge in [0, 0.05) is 37.7 Å². The number of hydrogen-bond acceptors (Lipinski definition) is 9. The number of benzene rings is 2. The number of fused-ring (bicyclic) bond motifs is 2. The van der Waals surface area contributed by atoms with Crippen molar-refractivity contribution in [2.75, 3.05) is 23.0 Å². The number of anilines is 2. The lowest BCUT2D eigenvalue weighted by atomic mass is 10.0. The molecule has 232 valence electrons. The predicted molar refractivity (Wildman–Crippen MR) is 174 cm³/mol. The summed E-state index contributed by atoms with van der Waals surface area (Å²) in [6.45, 7) is 4.94. The van der Waals surface area contributed by atoms with Crippen molar-refractivity contribution < 1.29 is 13.2 Å². The van der Waals surface area contributed by atoms with Crippen LogP contribution in [0, 0.1) is 6.92 Å². The van der Waals surface area contributed by atoms with Gasteiger partial charge in [0.1, 0.15) is 5.15 Å². The summed E-state index contributed by atoms with van der Waals surface area (Å²) >= 11 is 6.05. The molecule has 14 heteroatoms. The van der Waals surface area contributed by atoms with Gasteiger partial charge in [0.15, 0.2) is 5.69 Å². The number of nitrogens with one attached hydrogen (secondary N) is 2. The van der Waals surface area contributed by atoms with Crippen molar-refractivity contribution in [3.05, 3.63) is 104 Å². The van der Waals surface area contributed by atoms with Crippen molar-refractivity contribution in [1.29, 1.82) is 0 Å². The lowest BCUT2D eigenvalue weighted by Gasteiger charge is -2.30. The van der Waals surface area contributed by atoms with Crippen LogP contribution in [0.15, 0.2) is 65.6 Å². The van der Waals surface area contributed by atoms with Gasteiger partial charge >= 0.3 is 0 Å². The van der Waals surface area contributed by atoms with E-state index in [1.807, 2.05) is 71.9 Å². The molecule has 0 saturated heterocycles. The topological polar surface area (TPSA) is 144 Å². The van der Waals surface area contributed by atoms with Crippen LogP contribution in [0.3, 0.4) is 0 Å². The monoisotopic (exact) mass is 646 g/mol. The molecule has 0 bridgehead atoms. The summed E-state index contributed by atoms with van der Waals surface area (Å²) in [5.41, 5.74) is 5.21. The highest BCUT2D eigenvalue weighted by atomic mass is 35.5. The molecule has 1 amide bonds. The van der Waals surface area contributed by atoms with Crippen molar-refractivity contribution in [3.8, 4) is 5.69 Å². The Labute approximate surface area is 264 Å². The third-order valence-electron chi connectivity index (χ3n) is 7.74. The van der Waals surface area contributed by atoms with Gasteiger partial charge in [0.25, 0.3) is 11.5 Å². The molecule has 2 aromatic carbocycles. The van der Waals surface area contributed by atoms with E-state index in [-0.39, 0.29) is 22.1 Å². The number of rotatable bonds is 7. The van der Waals surface area contributed by atoms with Gasteiger partial charge in [-0.15, -0.1) is 0 Å². The summed E-state index contributed by atoms with van der Waals surface area (Å²) in [6.07, 6.45) is 3.47. The summed E-state index contributed by atoms with van der Waals surface area (Å²) in [4.78, 5) is 37.7. The van der Waals surface area contributed by atoms with Crippen molar-refractivity contribution in [2.45, 2.75) is 32.9 Å². The first-order chi connectivity index (χ1) is 21.4. The Bertz CT molecular complexity index is 2130. The van der Waals surface area contributed by atoms with Crippen LogP contribution >= 0.6 is 11.6 Å². The minimum Gasteiger partial charge on any atom is -0.377 e. The van der Waals surface area contributed by atoms with E-state index in [1.165, 1.54) is 6.07 Å². The molecule has 0 radical (unpaired) electrons. The lowest BCUT2D eigenvalue weighted by molar-refractivity contribution is 0.0977. The number of pyridine rings is 1. The number of halogens is 1. The zero-order chi connectivity index (χ0) is 32.0. The number of carbonyl (C=O) groups excluding carboxylic acids is 1. The second-order valence-corrected chi connectivity index (χ2v) is 13.3. The number of hydrogen-bond donors (Lipinski definition) is 2. The molecule has 1 aliphatic heterocycles. The number of aromatic nitrogens is 5. The molecule has 0 aliphatic carbocycles. The van der Waals surface area contributed by atoms with Crippen LogP contribution in [-0.4, -0.2) is 51.4 Å². The van der Waals surface area contributed by atoms with Gasteiger partial charge < -0.3 is 10.2 Å². The van der Waals surface area contributed by atoms with Crippen LogP contribution in [0.1, 0.15) is 45.8 Å². The maximum Gasteiger partial charge on any atom is 0.285 e. The third-order valence-corrected chi connectivity index (χ3v) is 8.51. The Balaban J connectivity index is 1.37. The normalized spacial score (nSPS) is 13.8. The summed E-state index contributed by atoms with van der Waals surface area (Å²) in [5.74, 6) is -0.387. The van der Waals surface area contributed by atoms with Crippen LogP contribution in [0.5, 0.6) is 0 Å². The molecule has 4 heterocycles. The maximum absolute atomic E-state index is 13.8. The van der Waals surface area contributed by atoms with Crippen LogP contribution in [0.4, 0.5) is 11.6 Å². The van der Waals surface area contributed by atoms with E-state index >= 15 is 0 Å². The van der Waals surface area contributed by atoms with Crippen LogP contribution in [0.25, 0.3) is 16.6 Å². The number of para-hydroxylation sites is 1. The highest BCUT2D eigenvalue weighted by Gasteiger charge is 2.26. The fourth-order valence-corrected chi connectivity index (χ4v) is 6.28. The minimum atomic E-state index is -3.84. The third kappa shape index (κ3) is 6.00. The first kappa shape index (κ1) is 30.3. The number of nitrogens with zero attached hydrogens (tertiary/aromatic N) is 6. The predicted octanol–water partition coefficient (Wildman–Crippen LogP) is 3.90. The van der Waals surface area contributed by atoms with E-state index in [4.69, 9.17) is 16.6 Å². The van der Waals surface area contributed by atoms with Gasteiger partial charge in [-0.3, -0.25) is 14.2 Å². The summed E-state index contributed by atoms with van der Waals surface area (Å²) < 4.78 is 28.9. The lowest BCUT2D eigenvalue weighted by Crippen LogP contribution is -2.36. The largest absolute Gasteiger partial charge is 0.377 e. The van der Waals surface area contributed by atoms with E-state index in [1.54, 1.807) is 17.7 Å². The fraction of sp³-hybridized carbons (Fsp3) is 0.258. The average Bonchev–Trinajstić information content (AvgIpc) is 3.42. The zero-order valence-corrected chi connectivity index (χ0v) is 26.6. The first-order valence-electron chi connectivity index (χ1n) is 14.2. The Kier molecular flexibility index (Phi) is 7.83. The number of carbonyl (C=O) groups is 1. The molecule has 5 aromatic rings. The highest BCUT2D eigenvalue weighted by Crippen LogP contribution is 2.30. The van der Waals surface area contributed by atoms with Crippen molar-refractivity contribution in [3.63, 3.8) is 0 Å². The van der Waals surface area contributed by atoms with Gasteiger partial charge in [0.05, 0.1) is 46.5 Å². The molecule has 6 rings (SSSR count). The molecule has 0 spiro atoms. The Morgan fingerprint density at radius 2 is 1.84 bits per heavy atom. The van der Waals surface area contributed by atoms with Crippen LogP contribution < -0.4 is 20.5 Å². The van der Waals surface area contributed by atoms with E-state index in [2.05, 4.69) is 20.3 Å². The molecule has 12 nitrogen and oxygen atoms in total. The van der Waals surface area contributed by atoms with Crippen molar-refractivity contribution >= 4 is 50.1 Å². The summed E-state index contributed by atoms with van der Waals surface area (Å²) in [6, 6.07) is 16.3. The molecule has 0 fully saturated rings. The average molecular weight is 647 g/mol.